The van der Waals surface area contributed by atoms with Gasteiger partial charge in [-0.15, -0.1) is 0 Å². The van der Waals surface area contributed by atoms with Crippen molar-refractivity contribution in [2.45, 2.75) is 19.8 Å². The maximum Gasteiger partial charge on any atom is 0.335 e. The number of benzene rings is 2. The molecule has 0 saturated carbocycles. The van der Waals surface area contributed by atoms with E-state index < -0.39 is 5.97 Å². The summed E-state index contributed by atoms with van der Waals surface area (Å²) in [5.41, 5.74) is 3.17. The summed E-state index contributed by atoms with van der Waals surface area (Å²) in [6.07, 6.45) is 3.49. The zero-order valence-electron chi connectivity index (χ0n) is 18.2. The molecule has 164 valence electrons. The Morgan fingerprint density at radius 3 is 2.66 bits per heavy atom. The van der Waals surface area contributed by atoms with Crippen LogP contribution in [0.3, 0.4) is 0 Å². The van der Waals surface area contributed by atoms with Crippen LogP contribution in [0.1, 0.15) is 28.2 Å². The van der Waals surface area contributed by atoms with E-state index in [1.54, 1.807) is 24.4 Å². The molecule has 7 nitrogen and oxygen atoms in total. The molecule has 0 aliphatic carbocycles. The summed E-state index contributed by atoms with van der Waals surface area (Å²) in [5, 5.41) is 15.0. The first-order valence-corrected chi connectivity index (χ1v) is 10.7. The molecule has 0 saturated heterocycles. The monoisotopic (exact) mass is 449 g/mol. The van der Waals surface area contributed by atoms with Gasteiger partial charge in [0.2, 0.25) is 0 Å². The minimum Gasteiger partial charge on any atom is -0.478 e. The smallest absolute Gasteiger partial charge is 0.335 e. The molecule has 8 heteroatoms. The van der Waals surface area contributed by atoms with Crippen molar-refractivity contribution in [3.05, 3.63) is 64.6 Å². The predicted octanol–water partition coefficient (Wildman–Crippen LogP) is 5.08. The van der Waals surface area contributed by atoms with Gasteiger partial charge in [-0.25, -0.2) is 19.7 Å². The molecule has 4 rings (SSSR count). The lowest BCUT2D eigenvalue weighted by Gasteiger charge is -2.13. The highest BCUT2D eigenvalue weighted by atomic mass is 35.5. The molecule has 0 amide bonds. The van der Waals surface area contributed by atoms with E-state index in [-0.39, 0.29) is 5.56 Å². The number of carboxylic acids is 1. The van der Waals surface area contributed by atoms with Crippen molar-refractivity contribution in [3.8, 4) is 0 Å². The van der Waals surface area contributed by atoms with Gasteiger partial charge in [-0.3, -0.25) is 0 Å². The van der Waals surface area contributed by atoms with Gasteiger partial charge in [-0.1, -0.05) is 23.7 Å². The number of carbonyl (C=O) groups is 1. The number of anilines is 2. The SMILES string of the molecule is Cc1ccc(Nc2nc3cc(C(=O)O)ccc3c3cnc(CCCN(C)C)nc23)cc1Cl. The molecule has 4 aromatic rings. The summed E-state index contributed by atoms with van der Waals surface area (Å²) < 4.78 is 0. The van der Waals surface area contributed by atoms with Gasteiger partial charge in [0, 0.05) is 34.1 Å². The number of carboxylic acid groups (broad SMARTS) is 1. The zero-order valence-corrected chi connectivity index (χ0v) is 18.9. The Kier molecular flexibility index (Phi) is 6.21. The maximum atomic E-state index is 11.5. The van der Waals surface area contributed by atoms with Crippen molar-refractivity contribution in [1.82, 2.24) is 19.9 Å². The minimum absolute atomic E-state index is 0.176. The summed E-state index contributed by atoms with van der Waals surface area (Å²) in [5.74, 6) is 0.278. The first-order chi connectivity index (χ1) is 15.3. The molecule has 2 aromatic heterocycles. The average molecular weight is 450 g/mol. The lowest BCUT2D eigenvalue weighted by Crippen LogP contribution is -2.14. The lowest BCUT2D eigenvalue weighted by atomic mass is 10.1. The molecule has 0 aliphatic heterocycles. The molecular formula is C24H24ClN5O2. The molecular weight excluding hydrogens is 426 g/mol. The highest BCUT2D eigenvalue weighted by molar-refractivity contribution is 6.31. The first-order valence-electron chi connectivity index (χ1n) is 10.3. The largest absolute Gasteiger partial charge is 0.478 e. The van der Waals surface area contributed by atoms with Gasteiger partial charge < -0.3 is 15.3 Å². The third-order valence-corrected chi connectivity index (χ3v) is 5.68. The van der Waals surface area contributed by atoms with Crippen LogP contribution in [-0.2, 0) is 6.42 Å². The van der Waals surface area contributed by atoms with Crippen molar-refractivity contribution in [3.63, 3.8) is 0 Å². The Balaban J connectivity index is 1.84. The molecule has 0 atom stereocenters. The second kappa shape index (κ2) is 9.06. The van der Waals surface area contributed by atoms with Crippen LogP contribution in [0.25, 0.3) is 21.8 Å². The van der Waals surface area contributed by atoms with E-state index in [0.29, 0.717) is 21.9 Å². The van der Waals surface area contributed by atoms with E-state index >= 15 is 0 Å². The Morgan fingerprint density at radius 1 is 1.12 bits per heavy atom. The van der Waals surface area contributed by atoms with Crippen LogP contribution in [0.15, 0.2) is 42.6 Å². The van der Waals surface area contributed by atoms with Gasteiger partial charge in [-0.05, 0) is 63.8 Å². The van der Waals surface area contributed by atoms with Crippen LogP contribution in [-0.4, -0.2) is 51.6 Å². The number of pyridine rings is 1. The van der Waals surface area contributed by atoms with E-state index in [9.17, 15) is 9.90 Å². The highest BCUT2D eigenvalue weighted by Crippen LogP contribution is 2.31. The topological polar surface area (TPSA) is 91.2 Å². The summed E-state index contributed by atoms with van der Waals surface area (Å²) >= 11 is 6.30. The number of fused-ring (bicyclic) bond motifs is 3. The minimum atomic E-state index is -0.999. The third kappa shape index (κ3) is 4.64. The molecule has 0 radical (unpaired) electrons. The zero-order chi connectivity index (χ0) is 22.8. The van der Waals surface area contributed by atoms with E-state index in [4.69, 9.17) is 21.6 Å². The highest BCUT2D eigenvalue weighted by Gasteiger charge is 2.14. The lowest BCUT2D eigenvalue weighted by molar-refractivity contribution is 0.0697. The molecule has 0 unspecified atom stereocenters. The number of aryl methyl sites for hydroxylation is 2. The Labute approximate surface area is 191 Å². The predicted molar refractivity (Wildman–Crippen MR) is 128 cm³/mol. The van der Waals surface area contributed by atoms with Gasteiger partial charge >= 0.3 is 5.97 Å². The van der Waals surface area contributed by atoms with Crippen molar-refractivity contribution >= 4 is 50.9 Å². The van der Waals surface area contributed by atoms with Crippen LogP contribution in [0, 0.1) is 6.92 Å². The van der Waals surface area contributed by atoms with E-state index in [1.807, 2.05) is 39.2 Å². The third-order valence-electron chi connectivity index (χ3n) is 5.27. The van der Waals surface area contributed by atoms with Crippen molar-refractivity contribution in [1.29, 1.82) is 0 Å². The van der Waals surface area contributed by atoms with Crippen LogP contribution in [0.4, 0.5) is 11.5 Å². The number of halogens is 1. The molecule has 0 fully saturated rings. The van der Waals surface area contributed by atoms with Crippen molar-refractivity contribution < 1.29 is 9.90 Å². The number of aromatic nitrogens is 3. The standard InChI is InChI=1S/C24H24ClN5O2/c1-14-6-8-16(12-19(14)25)27-23-22-18(13-26-21(29-22)5-4-10-30(2)3)17-9-7-15(24(31)32)11-20(17)28-23/h6-9,11-13H,4-5,10H2,1-3H3,(H,27,28)(H,31,32). The first kappa shape index (κ1) is 21.9. The molecule has 0 bridgehead atoms. The van der Waals surface area contributed by atoms with Crippen LogP contribution >= 0.6 is 11.6 Å². The summed E-state index contributed by atoms with van der Waals surface area (Å²) in [4.78, 5) is 27.7. The van der Waals surface area contributed by atoms with Crippen molar-refractivity contribution in [2.24, 2.45) is 0 Å². The van der Waals surface area contributed by atoms with E-state index in [0.717, 1.165) is 47.2 Å². The summed E-state index contributed by atoms with van der Waals surface area (Å²) in [7, 11) is 4.08. The Bertz CT molecular complexity index is 1320. The fourth-order valence-electron chi connectivity index (χ4n) is 3.52. The number of hydrogen-bond donors (Lipinski definition) is 2. The maximum absolute atomic E-state index is 11.5. The van der Waals surface area contributed by atoms with E-state index in [2.05, 4.69) is 15.2 Å². The van der Waals surface area contributed by atoms with E-state index in [1.165, 1.54) is 0 Å². The van der Waals surface area contributed by atoms with Gasteiger partial charge in [0.1, 0.15) is 11.3 Å². The fraction of sp³-hybridized carbons (Fsp3) is 0.250. The second-order valence-electron chi connectivity index (χ2n) is 8.04. The van der Waals surface area contributed by atoms with Gasteiger partial charge in [0.05, 0.1) is 11.1 Å². The molecule has 0 spiro atoms. The number of rotatable bonds is 7. The van der Waals surface area contributed by atoms with Crippen LogP contribution in [0.5, 0.6) is 0 Å². The molecule has 32 heavy (non-hydrogen) atoms. The van der Waals surface area contributed by atoms with Gasteiger partial charge in [-0.2, -0.15) is 0 Å². The summed E-state index contributed by atoms with van der Waals surface area (Å²) in [6.45, 7) is 2.89. The molecule has 2 heterocycles. The second-order valence-corrected chi connectivity index (χ2v) is 8.45. The fourth-order valence-corrected chi connectivity index (χ4v) is 3.70. The molecule has 0 aliphatic rings. The number of nitrogens with zero attached hydrogens (tertiary/aromatic N) is 4. The summed E-state index contributed by atoms with van der Waals surface area (Å²) in [6, 6.07) is 10.6. The van der Waals surface area contributed by atoms with Crippen LogP contribution < -0.4 is 5.32 Å². The number of aromatic carboxylic acids is 1. The average Bonchev–Trinajstić information content (AvgIpc) is 2.75. The Hall–Kier alpha value is -3.29. The number of nitrogens with one attached hydrogen (secondary N) is 1. The molecule has 2 aromatic carbocycles. The van der Waals surface area contributed by atoms with Crippen molar-refractivity contribution in [2.75, 3.05) is 26.0 Å². The normalized spacial score (nSPS) is 11.4. The van der Waals surface area contributed by atoms with Gasteiger partial charge in [0.15, 0.2) is 5.82 Å². The molecule has 2 N–H and O–H groups in total. The Morgan fingerprint density at radius 2 is 1.94 bits per heavy atom. The van der Waals surface area contributed by atoms with Crippen LogP contribution in [0.2, 0.25) is 5.02 Å². The number of hydrogen-bond acceptors (Lipinski definition) is 6. The quantitative estimate of drug-likeness (QED) is 0.380. The van der Waals surface area contributed by atoms with Gasteiger partial charge in [0.25, 0.3) is 0 Å².